The molecule has 5 rings (SSSR count). The highest BCUT2D eigenvalue weighted by Gasteiger charge is 2.53. The number of benzene rings is 3. The van der Waals surface area contributed by atoms with Crippen molar-refractivity contribution in [2.45, 2.75) is 44.3 Å². The highest BCUT2D eigenvalue weighted by atomic mass is 16.2. The summed E-state index contributed by atoms with van der Waals surface area (Å²) in [5.74, 6) is 0.366. The third kappa shape index (κ3) is 3.21. The van der Waals surface area contributed by atoms with Gasteiger partial charge in [0.25, 0.3) is 0 Å². The van der Waals surface area contributed by atoms with Gasteiger partial charge in [0, 0.05) is 18.2 Å². The molecule has 2 fully saturated rings. The maximum atomic E-state index is 13.6. The van der Waals surface area contributed by atoms with E-state index < -0.39 is 0 Å². The van der Waals surface area contributed by atoms with Crippen LogP contribution in [0, 0.1) is 6.92 Å². The van der Waals surface area contributed by atoms with Gasteiger partial charge in [0.1, 0.15) is 0 Å². The molecule has 3 nitrogen and oxygen atoms in total. The third-order valence-corrected chi connectivity index (χ3v) is 6.47. The van der Waals surface area contributed by atoms with Crippen LogP contribution in [0.25, 0.3) is 0 Å². The summed E-state index contributed by atoms with van der Waals surface area (Å²) in [4.78, 5) is 17.8. The normalized spacial score (nSPS) is 23.5. The van der Waals surface area contributed by atoms with Crippen molar-refractivity contribution in [3.8, 4) is 0 Å². The standard InChI is InChI=1S/C26H26N2O/c1-19-12-14-21(15-13-19)23-16-17-24-25(23)28(22-10-6-3-7-11-22)26(29)27(24)18-20-8-4-2-5-9-20/h2-15,23-25H,16-18H2,1H3/t23-,24-,25+/m1/s1. The molecular weight excluding hydrogens is 356 g/mol. The van der Waals surface area contributed by atoms with Crippen LogP contribution in [0.2, 0.25) is 0 Å². The zero-order chi connectivity index (χ0) is 19.8. The van der Waals surface area contributed by atoms with Gasteiger partial charge in [-0.3, -0.25) is 4.90 Å². The molecule has 1 saturated heterocycles. The van der Waals surface area contributed by atoms with Crippen molar-refractivity contribution in [3.63, 3.8) is 0 Å². The van der Waals surface area contributed by atoms with Gasteiger partial charge < -0.3 is 4.90 Å². The topological polar surface area (TPSA) is 23.6 Å². The highest BCUT2D eigenvalue weighted by molar-refractivity contribution is 5.96. The first-order valence-corrected chi connectivity index (χ1v) is 10.5. The molecule has 3 heteroatoms. The molecule has 1 aliphatic carbocycles. The quantitative estimate of drug-likeness (QED) is 0.563. The molecule has 3 aromatic carbocycles. The zero-order valence-corrected chi connectivity index (χ0v) is 16.7. The predicted octanol–water partition coefficient (Wildman–Crippen LogP) is 5.75. The Morgan fingerprint density at radius 2 is 1.48 bits per heavy atom. The van der Waals surface area contributed by atoms with E-state index in [0.29, 0.717) is 12.5 Å². The summed E-state index contributed by atoms with van der Waals surface area (Å²) < 4.78 is 0. The molecule has 3 aromatic rings. The summed E-state index contributed by atoms with van der Waals surface area (Å²) in [6.45, 7) is 2.79. The van der Waals surface area contributed by atoms with Crippen molar-refractivity contribution in [2.75, 3.05) is 4.90 Å². The first kappa shape index (κ1) is 18.0. The van der Waals surface area contributed by atoms with Gasteiger partial charge in [0.05, 0.1) is 12.1 Å². The molecule has 0 unspecified atom stereocenters. The van der Waals surface area contributed by atoms with E-state index in [1.165, 1.54) is 16.7 Å². The molecule has 2 aliphatic rings. The SMILES string of the molecule is Cc1ccc([C@H]2CC[C@@H]3[C@H]2N(c2ccccc2)C(=O)N3Cc2ccccc2)cc1. The molecule has 2 amide bonds. The third-order valence-electron chi connectivity index (χ3n) is 6.47. The van der Waals surface area contributed by atoms with E-state index in [9.17, 15) is 4.79 Å². The lowest BCUT2D eigenvalue weighted by Gasteiger charge is -2.28. The Hall–Kier alpha value is -3.07. The predicted molar refractivity (Wildman–Crippen MR) is 117 cm³/mol. The Balaban J connectivity index is 1.53. The minimum atomic E-state index is 0.131. The van der Waals surface area contributed by atoms with E-state index in [0.717, 1.165) is 18.5 Å². The summed E-state index contributed by atoms with van der Waals surface area (Å²) in [6.07, 6.45) is 2.16. The van der Waals surface area contributed by atoms with Gasteiger partial charge in [-0.25, -0.2) is 4.79 Å². The number of hydrogen-bond donors (Lipinski definition) is 0. The lowest BCUT2D eigenvalue weighted by Crippen LogP contribution is -2.37. The minimum absolute atomic E-state index is 0.131. The number of anilines is 1. The molecule has 3 atom stereocenters. The number of carbonyl (C=O) groups is 1. The average Bonchev–Trinajstić information content (AvgIpc) is 3.29. The Labute approximate surface area is 172 Å². The maximum absolute atomic E-state index is 13.6. The monoisotopic (exact) mass is 382 g/mol. The van der Waals surface area contributed by atoms with Crippen molar-refractivity contribution in [2.24, 2.45) is 0 Å². The van der Waals surface area contributed by atoms with Crippen LogP contribution in [-0.4, -0.2) is 23.0 Å². The number of para-hydroxylation sites is 1. The molecule has 1 heterocycles. The number of amides is 2. The average molecular weight is 383 g/mol. The van der Waals surface area contributed by atoms with Crippen molar-refractivity contribution in [1.82, 2.24) is 4.90 Å². The van der Waals surface area contributed by atoms with Crippen molar-refractivity contribution in [3.05, 3.63) is 102 Å². The molecule has 146 valence electrons. The second kappa shape index (κ2) is 7.40. The van der Waals surface area contributed by atoms with E-state index in [2.05, 4.69) is 65.3 Å². The molecule has 1 saturated carbocycles. The fourth-order valence-electron chi connectivity index (χ4n) is 5.07. The van der Waals surface area contributed by atoms with E-state index >= 15 is 0 Å². The second-order valence-electron chi connectivity index (χ2n) is 8.25. The van der Waals surface area contributed by atoms with Crippen LogP contribution in [0.3, 0.4) is 0 Å². The number of fused-ring (bicyclic) bond motifs is 1. The highest BCUT2D eigenvalue weighted by Crippen LogP contribution is 2.46. The summed E-state index contributed by atoms with van der Waals surface area (Å²) >= 11 is 0. The second-order valence-corrected chi connectivity index (χ2v) is 8.25. The zero-order valence-electron chi connectivity index (χ0n) is 16.7. The molecule has 0 radical (unpaired) electrons. The molecule has 1 aliphatic heterocycles. The number of rotatable bonds is 4. The lowest BCUT2D eigenvalue weighted by molar-refractivity contribution is 0.201. The lowest BCUT2D eigenvalue weighted by atomic mass is 9.92. The maximum Gasteiger partial charge on any atom is 0.325 e. The van der Waals surface area contributed by atoms with Crippen LogP contribution in [-0.2, 0) is 6.54 Å². The van der Waals surface area contributed by atoms with Crippen LogP contribution in [0.5, 0.6) is 0 Å². The van der Waals surface area contributed by atoms with Crippen molar-refractivity contribution >= 4 is 11.7 Å². The first-order chi connectivity index (χ1) is 14.2. The van der Waals surface area contributed by atoms with Gasteiger partial charge in [0.15, 0.2) is 0 Å². The van der Waals surface area contributed by atoms with Gasteiger partial charge in [-0.05, 0) is 43.0 Å². The van der Waals surface area contributed by atoms with Crippen molar-refractivity contribution < 1.29 is 4.79 Å². The Morgan fingerprint density at radius 1 is 0.828 bits per heavy atom. The van der Waals surface area contributed by atoms with Crippen LogP contribution in [0.1, 0.15) is 35.4 Å². The van der Waals surface area contributed by atoms with Gasteiger partial charge in [-0.1, -0.05) is 78.4 Å². The number of urea groups is 1. The molecule has 0 spiro atoms. The molecule has 0 N–H and O–H groups in total. The van der Waals surface area contributed by atoms with E-state index in [1.54, 1.807) is 0 Å². The van der Waals surface area contributed by atoms with E-state index in [1.807, 2.05) is 36.4 Å². The molecular formula is C26H26N2O. The van der Waals surface area contributed by atoms with Gasteiger partial charge in [0.2, 0.25) is 0 Å². The van der Waals surface area contributed by atoms with Crippen LogP contribution >= 0.6 is 0 Å². The van der Waals surface area contributed by atoms with Gasteiger partial charge in [-0.2, -0.15) is 0 Å². The number of hydrogen-bond acceptors (Lipinski definition) is 1. The van der Waals surface area contributed by atoms with E-state index in [4.69, 9.17) is 0 Å². The Bertz CT molecular complexity index is 984. The van der Waals surface area contributed by atoms with Crippen molar-refractivity contribution in [1.29, 1.82) is 0 Å². The summed E-state index contributed by atoms with van der Waals surface area (Å²) in [5, 5.41) is 0. The van der Waals surface area contributed by atoms with E-state index in [-0.39, 0.29) is 18.1 Å². The number of carbonyl (C=O) groups excluding carboxylic acids is 1. The van der Waals surface area contributed by atoms with Crippen LogP contribution in [0.15, 0.2) is 84.9 Å². The van der Waals surface area contributed by atoms with Gasteiger partial charge >= 0.3 is 6.03 Å². The Morgan fingerprint density at radius 3 is 2.17 bits per heavy atom. The number of nitrogens with zero attached hydrogens (tertiary/aromatic N) is 2. The molecule has 0 aromatic heterocycles. The summed E-state index contributed by atoms with van der Waals surface area (Å²) in [5.41, 5.74) is 4.81. The Kier molecular flexibility index (Phi) is 4.59. The molecule has 29 heavy (non-hydrogen) atoms. The largest absolute Gasteiger partial charge is 0.325 e. The van der Waals surface area contributed by atoms with Crippen LogP contribution in [0.4, 0.5) is 10.5 Å². The fraction of sp³-hybridized carbons (Fsp3) is 0.269. The minimum Gasteiger partial charge on any atom is -0.315 e. The first-order valence-electron chi connectivity index (χ1n) is 10.5. The summed E-state index contributed by atoms with van der Waals surface area (Å²) in [6, 6.07) is 29.9. The van der Waals surface area contributed by atoms with Crippen LogP contribution < -0.4 is 4.90 Å². The summed E-state index contributed by atoms with van der Waals surface area (Å²) in [7, 11) is 0. The smallest absolute Gasteiger partial charge is 0.315 e. The fourth-order valence-corrected chi connectivity index (χ4v) is 5.07. The molecule has 0 bridgehead atoms. The number of aryl methyl sites for hydroxylation is 1. The van der Waals surface area contributed by atoms with Gasteiger partial charge in [-0.15, -0.1) is 0 Å².